The molecular weight excluding hydrogens is 415 g/mol. The van der Waals surface area contributed by atoms with Crippen LogP contribution < -0.4 is 5.32 Å². The zero-order valence-corrected chi connectivity index (χ0v) is 16.9. The second-order valence-corrected chi connectivity index (χ2v) is 5.71. The average Bonchev–Trinajstić information content (AvgIpc) is 2.94. The van der Waals surface area contributed by atoms with Crippen LogP contribution in [0.5, 0.6) is 5.75 Å². The van der Waals surface area contributed by atoms with Gasteiger partial charge in [0.15, 0.2) is 5.96 Å². The van der Waals surface area contributed by atoms with Crippen molar-refractivity contribution < 1.29 is 5.11 Å². The Morgan fingerprint density at radius 3 is 2.54 bits per heavy atom. The number of halogens is 1. The molecule has 0 amide bonds. The van der Waals surface area contributed by atoms with Crippen molar-refractivity contribution in [2.45, 2.75) is 19.4 Å². The molecule has 24 heavy (non-hydrogen) atoms. The number of phenols is 1. The van der Waals surface area contributed by atoms with E-state index >= 15 is 0 Å². The summed E-state index contributed by atoms with van der Waals surface area (Å²) in [6.07, 6.45) is 4.05. The van der Waals surface area contributed by atoms with Crippen LogP contribution in [-0.4, -0.2) is 41.2 Å². The highest BCUT2D eigenvalue weighted by molar-refractivity contribution is 14.0. The van der Waals surface area contributed by atoms with Crippen molar-refractivity contribution in [2.24, 2.45) is 12.0 Å². The number of aromatic nitrogens is 1. The molecule has 0 aliphatic carbocycles. The van der Waals surface area contributed by atoms with Gasteiger partial charge in [-0.3, -0.25) is 4.99 Å². The normalized spacial score (nSPS) is 11.0. The number of nitrogens with zero attached hydrogens (tertiary/aromatic N) is 3. The summed E-state index contributed by atoms with van der Waals surface area (Å²) in [5, 5.41) is 12.7. The van der Waals surface area contributed by atoms with Crippen molar-refractivity contribution in [3.8, 4) is 5.75 Å². The Bertz CT molecular complexity index is 637. The smallest absolute Gasteiger partial charge is 0.193 e. The average molecular weight is 442 g/mol. The lowest BCUT2D eigenvalue weighted by Crippen LogP contribution is -2.39. The molecule has 2 aromatic rings. The summed E-state index contributed by atoms with van der Waals surface area (Å²) in [7, 11) is 5.91. The molecule has 1 aromatic carbocycles. The topological polar surface area (TPSA) is 52.8 Å². The fraction of sp³-hybridized carbons (Fsp3) is 0.389. The molecule has 0 bridgehead atoms. The summed E-state index contributed by atoms with van der Waals surface area (Å²) in [6.45, 7) is 1.69. The van der Waals surface area contributed by atoms with Gasteiger partial charge in [-0.1, -0.05) is 12.1 Å². The molecular formula is C18H27IN4O. The number of phenolic OH excluding ortho intramolecular Hbond substituents is 1. The summed E-state index contributed by atoms with van der Waals surface area (Å²) in [5.74, 6) is 1.21. The fourth-order valence-electron chi connectivity index (χ4n) is 2.52. The highest BCUT2D eigenvalue weighted by atomic mass is 127. The van der Waals surface area contributed by atoms with Crippen LogP contribution >= 0.6 is 24.0 Å². The molecule has 0 saturated heterocycles. The van der Waals surface area contributed by atoms with E-state index in [1.54, 1.807) is 12.1 Å². The van der Waals surface area contributed by atoms with Gasteiger partial charge in [0.2, 0.25) is 0 Å². The van der Waals surface area contributed by atoms with E-state index in [9.17, 15) is 5.11 Å². The Morgan fingerprint density at radius 2 is 1.96 bits per heavy atom. The number of aliphatic imine (C=N–C) groups is 1. The molecule has 5 nitrogen and oxygen atoms in total. The first-order valence-corrected chi connectivity index (χ1v) is 7.90. The van der Waals surface area contributed by atoms with Crippen LogP contribution in [0.3, 0.4) is 0 Å². The minimum atomic E-state index is 0. The maximum Gasteiger partial charge on any atom is 0.193 e. The van der Waals surface area contributed by atoms with Crippen LogP contribution in [0.25, 0.3) is 0 Å². The summed E-state index contributed by atoms with van der Waals surface area (Å²) in [4.78, 5) is 6.46. The van der Waals surface area contributed by atoms with Gasteiger partial charge in [-0.05, 0) is 42.7 Å². The summed E-state index contributed by atoms with van der Waals surface area (Å²) < 4.78 is 2.12. The molecule has 2 N–H and O–H groups in total. The SMILES string of the molecule is CN=C(NCCCc1ccc(O)cc1)N(C)Cc1cccn1C.I. The van der Waals surface area contributed by atoms with Gasteiger partial charge in [0.05, 0.1) is 6.54 Å². The Balaban J connectivity index is 0.00000288. The van der Waals surface area contributed by atoms with Gasteiger partial charge in [-0.15, -0.1) is 24.0 Å². The third-order valence-electron chi connectivity index (χ3n) is 3.89. The second kappa shape index (κ2) is 10.2. The maximum atomic E-state index is 9.28. The Kier molecular flexibility index (Phi) is 8.67. The summed E-state index contributed by atoms with van der Waals surface area (Å²) >= 11 is 0. The minimum Gasteiger partial charge on any atom is -0.508 e. The van der Waals surface area contributed by atoms with E-state index in [0.717, 1.165) is 31.9 Å². The highest BCUT2D eigenvalue weighted by Gasteiger charge is 2.07. The van der Waals surface area contributed by atoms with Crippen molar-refractivity contribution in [1.82, 2.24) is 14.8 Å². The molecule has 0 aliphatic heterocycles. The first kappa shape index (κ1) is 20.3. The molecule has 0 unspecified atom stereocenters. The van der Waals surface area contributed by atoms with Gasteiger partial charge >= 0.3 is 0 Å². The monoisotopic (exact) mass is 442 g/mol. The quantitative estimate of drug-likeness (QED) is 0.313. The van der Waals surface area contributed by atoms with Gasteiger partial charge in [0.1, 0.15) is 5.75 Å². The van der Waals surface area contributed by atoms with Crippen LogP contribution in [0.1, 0.15) is 17.7 Å². The van der Waals surface area contributed by atoms with Crippen molar-refractivity contribution in [3.63, 3.8) is 0 Å². The number of benzene rings is 1. The first-order chi connectivity index (χ1) is 11.1. The first-order valence-electron chi connectivity index (χ1n) is 7.90. The third-order valence-corrected chi connectivity index (χ3v) is 3.89. The largest absolute Gasteiger partial charge is 0.508 e. The van der Waals surface area contributed by atoms with E-state index in [-0.39, 0.29) is 24.0 Å². The van der Waals surface area contributed by atoms with Gasteiger partial charge in [0.25, 0.3) is 0 Å². The van der Waals surface area contributed by atoms with Crippen molar-refractivity contribution in [1.29, 1.82) is 0 Å². The van der Waals surface area contributed by atoms with E-state index in [4.69, 9.17) is 0 Å². The molecule has 132 valence electrons. The van der Waals surface area contributed by atoms with Crippen LogP contribution in [0.4, 0.5) is 0 Å². The van der Waals surface area contributed by atoms with E-state index in [1.807, 2.05) is 26.2 Å². The molecule has 0 aliphatic rings. The second-order valence-electron chi connectivity index (χ2n) is 5.71. The van der Waals surface area contributed by atoms with Crippen molar-refractivity contribution in [2.75, 3.05) is 20.6 Å². The Labute approximate surface area is 161 Å². The number of rotatable bonds is 6. The number of guanidine groups is 1. The third kappa shape index (κ3) is 6.07. The number of hydrogen-bond acceptors (Lipinski definition) is 2. The molecule has 1 heterocycles. The number of aromatic hydroxyl groups is 1. The van der Waals surface area contributed by atoms with E-state index in [0.29, 0.717) is 5.75 Å². The van der Waals surface area contributed by atoms with Crippen LogP contribution in [0.15, 0.2) is 47.6 Å². The number of hydrogen-bond donors (Lipinski definition) is 2. The number of nitrogens with one attached hydrogen (secondary N) is 1. The van der Waals surface area contributed by atoms with Crippen LogP contribution in [0, 0.1) is 0 Å². The van der Waals surface area contributed by atoms with Gasteiger partial charge < -0.3 is 19.9 Å². The van der Waals surface area contributed by atoms with Crippen LogP contribution in [0.2, 0.25) is 0 Å². The minimum absolute atomic E-state index is 0. The Morgan fingerprint density at radius 1 is 1.25 bits per heavy atom. The predicted molar refractivity (Wildman–Crippen MR) is 110 cm³/mol. The standard InChI is InChI=1S/C18H26N4O.HI/c1-19-18(22(3)14-16-7-5-13-21(16)2)20-12-4-6-15-8-10-17(23)11-9-15;/h5,7-11,13,23H,4,6,12,14H2,1-3H3,(H,19,20);1H. The van der Waals surface area contributed by atoms with Crippen molar-refractivity contribution >= 4 is 29.9 Å². The summed E-state index contributed by atoms with van der Waals surface area (Å²) in [5.41, 5.74) is 2.48. The number of aryl methyl sites for hydroxylation is 2. The van der Waals surface area contributed by atoms with Crippen LogP contribution in [-0.2, 0) is 20.0 Å². The highest BCUT2D eigenvalue weighted by Crippen LogP contribution is 2.10. The zero-order valence-electron chi connectivity index (χ0n) is 14.6. The molecule has 0 fully saturated rings. The molecule has 2 rings (SSSR count). The molecule has 1 aromatic heterocycles. The lowest BCUT2D eigenvalue weighted by atomic mass is 10.1. The zero-order chi connectivity index (χ0) is 16.7. The van der Waals surface area contributed by atoms with E-state index in [1.165, 1.54) is 11.3 Å². The van der Waals surface area contributed by atoms with Gasteiger partial charge in [0, 0.05) is 39.6 Å². The van der Waals surface area contributed by atoms with Gasteiger partial charge in [-0.2, -0.15) is 0 Å². The van der Waals surface area contributed by atoms with E-state index < -0.39 is 0 Å². The molecule has 0 saturated carbocycles. The lowest BCUT2D eigenvalue weighted by Gasteiger charge is -2.22. The summed E-state index contributed by atoms with van der Waals surface area (Å²) in [6, 6.07) is 11.6. The molecule has 6 heteroatoms. The van der Waals surface area contributed by atoms with E-state index in [2.05, 4.69) is 45.2 Å². The fourth-order valence-corrected chi connectivity index (χ4v) is 2.52. The lowest BCUT2D eigenvalue weighted by molar-refractivity contribution is 0.461. The molecule has 0 spiro atoms. The molecule has 0 atom stereocenters. The molecule has 0 radical (unpaired) electrons. The Hall–Kier alpha value is -1.70. The van der Waals surface area contributed by atoms with Crippen molar-refractivity contribution in [3.05, 3.63) is 53.9 Å². The van der Waals surface area contributed by atoms with Gasteiger partial charge in [-0.25, -0.2) is 0 Å². The predicted octanol–water partition coefficient (Wildman–Crippen LogP) is 2.99. The maximum absolute atomic E-state index is 9.28.